The number of aliphatic hydroxyl groups is 1. The molecule has 0 saturated carbocycles. The van der Waals surface area contributed by atoms with Gasteiger partial charge in [0.15, 0.2) is 0 Å². The van der Waals surface area contributed by atoms with Crippen LogP contribution in [0.1, 0.15) is 17.4 Å². The molecule has 1 heterocycles. The number of benzene rings is 1. The van der Waals surface area contributed by atoms with Gasteiger partial charge in [0.1, 0.15) is 0 Å². The molecule has 4 heteroatoms. The van der Waals surface area contributed by atoms with Crippen LogP contribution in [0.25, 0.3) is 0 Å². The third kappa shape index (κ3) is 3.73. The van der Waals surface area contributed by atoms with Crippen molar-refractivity contribution in [1.82, 2.24) is 0 Å². The van der Waals surface area contributed by atoms with Gasteiger partial charge in [0, 0.05) is 22.1 Å². The number of rotatable bonds is 5. The second-order valence-corrected chi connectivity index (χ2v) is 5.17. The molecular formula is C13H14ClNOS. The monoisotopic (exact) mass is 267 g/mol. The van der Waals surface area contributed by atoms with Crippen LogP contribution >= 0.6 is 22.9 Å². The van der Waals surface area contributed by atoms with Gasteiger partial charge in [0.25, 0.3) is 0 Å². The second kappa shape index (κ2) is 6.05. The molecular weight excluding hydrogens is 254 g/mol. The molecule has 0 fully saturated rings. The Morgan fingerprint density at radius 3 is 2.88 bits per heavy atom. The number of anilines is 1. The van der Waals surface area contributed by atoms with Gasteiger partial charge >= 0.3 is 0 Å². The van der Waals surface area contributed by atoms with Crippen molar-refractivity contribution in [3.63, 3.8) is 0 Å². The van der Waals surface area contributed by atoms with E-state index >= 15 is 0 Å². The molecule has 2 aromatic rings. The van der Waals surface area contributed by atoms with Crippen LogP contribution in [0.5, 0.6) is 0 Å². The number of nitrogens with one attached hydrogen (secondary N) is 1. The van der Waals surface area contributed by atoms with Crippen LogP contribution in [-0.2, 0) is 0 Å². The highest BCUT2D eigenvalue weighted by Gasteiger charge is 2.07. The molecule has 2 N–H and O–H groups in total. The van der Waals surface area contributed by atoms with Gasteiger partial charge in [-0.3, -0.25) is 0 Å². The molecule has 1 aromatic heterocycles. The van der Waals surface area contributed by atoms with Crippen LogP contribution in [0.15, 0.2) is 41.8 Å². The van der Waals surface area contributed by atoms with Crippen molar-refractivity contribution in [3.05, 3.63) is 51.7 Å². The lowest BCUT2D eigenvalue weighted by Gasteiger charge is -2.10. The van der Waals surface area contributed by atoms with E-state index in [0.29, 0.717) is 11.4 Å². The van der Waals surface area contributed by atoms with E-state index in [4.69, 9.17) is 11.6 Å². The number of thiophene rings is 1. The molecule has 0 aliphatic heterocycles. The fraction of sp³-hybridized carbons (Fsp3) is 0.231. The minimum absolute atomic E-state index is 0.387. The van der Waals surface area contributed by atoms with Crippen LogP contribution in [0, 0.1) is 0 Å². The topological polar surface area (TPSA) is 32.3 Å². The van der Waals surface area contributed by atoms with Gasteiger partial charge in [-0.15, -0.1) is 11.3 Å². The zero-order valence-electron chi connectivity index (χ0n) is 9.27. The van der Waals surface area contributed by atoms with Crippen molar-refractivity contribution < 1.29 is 5.11 Å². The molecule has 90 valence electrons. The van der Waals surface area contributed by atoms with Crippen LogP contribution < -0.4 is 5.32 Å². The van der Waals surface area contributed by atoms with Crippen molar-refractivity contribution in [3.8, 4) is 0 Å². The smallest absolute Gasteiger partial charge is 0.0898 e. The second-order valence-electron chi connectivity index (χ2n) is 3.76. The summed E-state index contributed by atoms with van der Waals surface area (Å²) in [4.78, 5) is 1.01. The zero-order valence-corrected chi connectivity index (χ0v) is 10.8. The lowest BCUT2D eigenvalue weighted by atomic mass is 10.2. The van der Waals surface area contributed by atoms with Crippen LogP contribution in [-0.4, -0.2) is 11.7 Å². The average molecular weight is 268 g/mol. The van der Waals surface area contributed by atoms with Gasteiger partial charge in [0.05, 0.1) is 6.10 Å². The molecule has 0 saturated heterocycles. The largest absolute Gasteiger partial charge is 0.388 e. The maximum Gasteiger partial charge on any atom is 0.0898 e. The van der Waals surface area contributed by atoms with E-state index in [1.54, 1.807) is 11.3 Å². The van der Waals surface area contributed by atoms with Gasteiger partial charge in [-0.2, -0.15) is 0 Å². The lowest BCUT2D eigenvalue weighted by molar-refractivity contribution is 0.175. The van der Waals surface area contributed by atoms with E-state index in [2.05, 4.69) is 5.32 Å². The third-order valence-electron chi connectivity index (χ3n) is 2.44. The Morgan fingerprint density at radius 1 is 1.29 bits per heavy atom. The molecule has 2 nitrogen and oxygen atoms in total. The van der Waals surface area contributed by atoms with Crippen molar-refractivity contribution in [2.75, 3.05) is 11.9 Å². The van der Waals surface area contributed by atoms with E-state index in [0.717, 1.165) is 17.1 Å². The Kier molecular flexibility index (Phi) is 4.42. The number of aliphatic hydroxyl groups excluding tert-OH is 1. The average Bonchev–Trinajstić information content (AvgIpc) is 2.82. The van der Waals surface area contributed by atoms with Gasteiger partial charge in [-0.1, -0.05) is 23.7 Å². The third-order valence-corrected chi connectivity index (χ3v) is 3.65. The summed E-state index contributed by atoms with van der Waals surface area (Å²) >= 11 is 7.46. The number of halogens is 1. The maximum atomic E-state index is 9.89. The van der Waals surface area contributed by atoms with Crippen LogP contribution in [0.2, 0.25) is 5.02 Å². The molecule has 0 radical (unpaired) electrons. The highest BCUT2D eigenvalue weighted by Crippen LogP contribution is 2.22. The normalized spacial score (nSPS) is 12.4. The Morgan fingerprint density at radius 2 is 2.18 bits per heavy atom. The molecule has 0 amide bonds. The van der Waals surface area contributed by atoms with E-state index in [1.165, 1.54) is 0 Å². The summed E-state index contributed by atoms with van der Waals surface area (Å²) in [5.74, 6) is 0. The van der Waals surface area contributed by atoms with Crippen molar-refractivity contribution in [2.45, 2.75) is 12.5 Å². The minimum atomic E-state index is -0.387. The Hall–Kier alpha value is -1.03. The summed E-state index contributed by atoms with van der Waals surface area (Å²) < 4.78 is 0. The van der Waals surface area contributed by atoms with Crippen molar-refractivity contribution in [1.29, 1.82) is 0 Å². The lowest BCUT2D eigenvalue weighted by Crippen LogP contribution is -2.06. The highest BCUT2D eigenvalue weighted by atomic mass is 35.5. The summed E-state index contributed by atoms with van der Waals surface area (Å²) in [7, 11) is 0. The zero-order chi connectivity index (χ0) is 12.1. The quantitative estimate of drug-likeness (QED) is 0.860. The van der Waals surface area contributed by atoms with Gasteiger partial charge < -0.3 is 10.4 Å². The summed E-state index contributed by atoms with van der Waals surface area (Å²) in [5.41, 5.74) is 0.982. The SMILES string of the molecule is OC(CCNc1cccc(Cl)c1)c1cccs1. The minimum Gasteiger partial charge on any atom is -0.388 e. The van der Waals surface area contributed by atoms with E-state index < -0.39 is 0 Å². The van der Waals surface area contributed by atoms with Crippen molar-refractivity contribution >= 4 is 28.6 Å². The molecule has 0 spiro atoms. The first kappa shape index (κ1) is 12.4. The molecule has 17 heavy (non-hydrogen) atoms. The standard InChI is InChI=1S/C13H14ClNOS/c14-10-3-1-4-11(9-10)15-7-6-12(16)13-5-2-8-17-13/h1-5,8-9,12,15-16H,6-7H2. The van der Waals surface area contributed by atoms with E-state index in [1.807, 2.05) is 41.8 Å². The first-order valence-electron chi connectivity index (χ1n) is 5.46. The molecule has 0 aliphatic rings. The highest BCUT2D eigenvalue weighted by molar-refractivity contribution is 7.10. The van der Waals surface area contributed by atoms with Crippen molar-refractivity contribution in [2.24, 2.45) is 0 Å². The number of hydrogen-bond donors (Lipinski definition) is 2. The van der Waals surface area contributed by atoms with E-state index in [9.17, 15) is 5.11 Å². The van der Waals surface area contributed by atoms with Gasteiger partial charge in [0.2, 0.25) is 0 Å². The fourth-order valence-electron chi connectivity index (χ4n) is 1.57. The molecule has 1 unspecified atom stereocenters. The summed E-state index contributed by atoms with van der Waals surface area (Å²) in [6, 6.07) is 11.5. The molecule has 2 rings (SSSR count). The summed E-state index contributed by atoms with van der Waals surface area (Å²) in [6.45, 7) is 0.722. The number of hydrogen-bond acceptors (Lipinski definition) is 3. The summed E-state index contributed by atoms with van der Waals surface area (Å²) in [6.07, 6.45) is 0.300. The predicted molar refractivity (Wildman–Crippen MR) is 73.8 cm³/mol. The van der Waals surface area contributed by atoms with E-state index in [-0.39, 0.29) is 6.10 Å². The Bertz CT molecular complexity index is 458. The summed E-state index contributed by atoms with van der Waals surface area (Å²) in [5, 5.41) is 15.8. The maximum absolute atomic E-state index is 9.89. The Labute approximate surface area is 110 Å². The molecule has 0 bridgehead atoms. The predicted octanol–water partition coefficient (Wildman–Crippen LogP) is 3.94. The van der Waals surface area contributed by atoms with Crippen LogP contribution in [0.4, 0.5) is 5.69 Å². The molecule has 1 aromatic carbocycles. The first-order chi connectivity index (χ1) is 8.25. The van der Waals surface area contributed by atoms with Gasteiger partial charge in [-0.05, 0) is 36.1 Å². The molecule has 1 atom stereocenters. The first-order valence-corrected chi connectivity index (χ1v) is 6.72. The van der Waals surface area contributed by atoms with Crippen LogP contribution in [0.3, 0.4) is 0 Å². The van der Waals surface area contributed by atoms with Gasteiger partial charge in [-0.25, -0.2) is 0 Å². The Balaban J connectivity index is 1.80. The fourth-order valence-corrected chi connectivity index (χ4v) is 2.51. The molecule has 0 aliphatic carbocycles.